The second-order valence-electron chi connectivity index (χ2n) is 8.82. The van der Waals surface area contributed by atoms with Crippen molar-refractivity contribution in [2.45, 2.75) is 63.7 Å². The summed E-state index contributed by atoms with van der Waals surface area (Å²) >= 11 is 0. The summed E-state index contributed by atoms with van der Waals surface area (Å²) in [6.45, 7) is -7.99. The van der Waals surface area contributed by atoms with E-state index in [1.54, 1.807) is 0 Å². The van der Waals surface area contributed by atoms with E-state index >= 15 is 0 Å². The van der Waals surface area contributed by atoms with Crippen LogP contribution in [0.4, 0.5) is 54.8 Å². The largest absolute Gasteiger partial charge is 0.453 e. The lowest BCUT2D eigenvalue weighted by atomic mass is 9.87. The molecule has 0 saturated carbocycles. The summed E-state index contributed by atoms with van der Waals surface area (Å²) in [5.74, 6) is 0. The topological polar surface area (TPSA) is 59.1 Å². The molecule has 0 spiro atoms. The lowest BCUT2D eigenvalue weighted by molar-refractivity contribution is -0.143. The highest BCUT2D eigenvalue weighted by atomic mass is 19.4. The van der Waals surface area contributed by atoms with Gasteiger partial charge in [0.15, 0.2) is 0 Å². The zero-order chi connectivity index (χ0) is 35.9. The predicted molar refractivity (Wildman–Crippen MR) is 127 cm³/mol. The van der Waals surface area contributed by atoms with Crippen molar-refractivity contribution >= 4 is 17.9 Å². The Morgan fingerprint density at radius 1 is 0.927 bits per heavy atom. The Morgan fingerprint density at radius 2 is 1.54 bits per heavy atom. The number of methoxy groups -OCH3 is 1. The van der Waals surface area contributed by atoms with Crippen molar-refractivity contribution in [2.75, 3.05) is 18.6 Å². The summed E-state index contributed by atoms with van der Waals surface area (Å²) in [5, 5.41) is 0. The second kappa shape index (κ2) is 11.7. The van der Waals surface area contributed by atoms with E-state index in [2.05, 4.69) is 4.74 Å². The molecule has 41 heavy (non-hydrogen) atoms. The molecule has 226 valence electrons. The van der Waals surface area contributed by atoms with E-state index in [4.69, 9.17) is 13.0 Å². The monoisotopic (exact) mass is 606 g/mol. The van der Waals surface area contributed by atoms with E-state index in [0.717, 1.165) is 13.2 Å². The third kappa shape index (κ3) is 6.99. The van der Waals surface area contributed by atoms with E-state index in [-0.39, 0.29) is 6.07 Å². The molecular weight excluding hydrogens is 575 g/mol. The zero-order valence-corrected chi connectivity index (χ0v) is 20.9. The number of amides is 2. The molecule has 0 radical (unpaired) electrons. The van der Waals surface area contributed by atoms with Crippen LogP contribution in [-0.4, -0.2) is 36.8 Å². The fourth-order valence-corrected chi connectivity index (χ4v) is 4.48. The highest BCUT2D eigenvalue weighted by molar-refractivity contribution is 5.90. The lowest BCUT2D eigenvalue weighted by Gasteiger charge is -2.43. The van der Waals surface area contributed by atoms with Gasteiger partial charge in [0, 0.05) is 20.8 Å². The number of rotatable bonds is 5. The Labute approximate surface area is 237 Å². The van der Waals surface area contributed by atoms with Crippen LogP contribution in [0.5, 0.6) is 0 Å². The van der Waals surface area contributed by atoms with Crippen LogP contribution in [-0.2, 0) is 34.5 Å². The number of anilines is 1. The average Bonchev–Trinajstić information content (AvgIpc) is 2.90. The first-order valence-electron chi connectivity index (χ1n) is 14.5. The van der Waals surface area contributed by atoms with Gasteiger partial charge in [0.2, 0.25) is 0 Å². The SMILES string of the molecule is [2H]C([2H])([2H])COC(=O)N1c2ccc(C(F)(F)F)cc2[C@@H](N(Cc2cc(C(F)(F)F)cc(C(F)(F)F)c2)C(=O)OC)C[C@@H]1CC([2H])([2H])[2H]. The van der Waals surface area contributed by atoms with Crippen LogP contribution in [0.1, 0.15) is 68.6 Å². The number of hydrogen-bond donors (Lipinski definition) is 0. The molecule has 0 aromatic heterocycles. The van der Waals surface area contributed by atoms with Gasteiger partial charge >= 0.3 is 30.7 Å². The van der Waals surface area contributed by atoms with Crippen LogP contribution in [0.15, 0.2) is 36.4 Å². The first-order chi connectivity index (χ1) is 21.2. The third-order valence-corrected chi connectivity index (χ3v) is 6.25. The molecule has 0 N–H and O–H groups in total. The molecule has 6 nitrogen and oxygen atoms in total. The molecular formula is C26H25F9N2O4. The van der Waals surface area contributed by atoms with Crippen LogP contribution in [0.2, 0.25) is 0 Å². The molecule has 1 aliphatic heterocycles. The molecule has 2 aromatic rings. The van der Waals surface area contributed by atoms with Gasteiger partial charge in [-0.15, -0.1) is 0 Å². The smallest absolute Gasteiger partial charge is 0.416 e. The van der Waals surface area contributed by atoms with Crippen LogP contribution >= 0.6 is 0 Å². The Hall–Kier alpha value is -3.65. The molecule has 0 saturated heterocycles. The normalized spacial score (nSPS) is 20.4. The van der Waals surface area contributed by atoms with Crippen LogP contribution in [0, 0.1) is 0 Å². The fourth-order valence-electron chi connectivity index (χ4n) is 4.48. The maximum Gasteiger partial charge on any atom is 0.416 e. The summed E-state index contributed by atoms with van der Waals surface area (Å²) in [5.41, 5.74) is -6.65. The first kappa shape index (κ1) is 24.0. The average molecular weight is 607 g/mol. The lowest BCUT2D eigenvalue weighted by Crippen LogP contribution is -2.48. The number of benzene rings is 2. The number of nitrogens with zero attached hydrogens (tertiary/aromatic N) is 2. The highest BCUT2D eigenvalue weighted by Gasteiger charge is 2.43. The standard InChI is InChI=1S/C26H25F9N2O4/c1-4-18-12-21(19-11-15(24(27,28)29)6-7-20(19)37(18)23(39)41-5-2)36(22(38)40-3)13-14-8-16(25(30,31)32)10-17(9-14)26(33,34)35/h6-11,18,21H,4-5,12-13H2,1-3H3/t18-,21-/m0/s1/i1D3,2D3. The Balaban J connectivity index is 2.28. The molecule has 0 unspecified atom stereocenters. The number of carbonyl (C=O) groups is 2. The molecule has 2 atom stereocenters. The fraction of sp³-hybridized carbons (Fsp3) is 0.462. The summed E-state index contributed by atoms with van der Waals surface area (Å²) < 4.78 is 177. The Bertz CT molecular complexity index is 1440. The van der Waals surface area contributed by atoms with Gasteiger partial charge in [-0.3, -0.25) is 9.80 Å². The van der Waals surface area contributed by atoms with Crippen LogP contribution in [0.25, 0.3) is 0 Å². The number of fused-ring (bicyclic) bond motifs is 1. The minimum Gasteiger partial charge on any atom is -0.453 e. The van der Waals surface area contributed by atoms with Crippen molar-refractivity contribution in [2.24, 2.45) is 0 Å². The summed E-state index contributed by atoms with van der Waals surface area (Å²) in [6, 6.07) is -1.23. The van der Waals surface area contributed by atoms with Crippen molar-refractivity contribution in [1.29, 1.82) is 0 Å². The van der Waals surface area contributed by atoms with E-state index in [9.17, 15) is 49.1 Å². The Kier molecular flexibility index (Phi) is 6.84. The summed E-state index contributed by atoms with van der Waals surface area (Å²) in [7, 11) is 0.775. The number of alkyl halides is 9. The molecule has 1 heterocycles. The maximum atomic E-state index is 13.8. The molecule has 0 fully saturated rings. The molecule has 0 bridgehead atoms. The number of hydrogen-bond acceptors (Lipinski definition) is 4. The molecule has 3 rings (SSSR count). The quantitative estimate of drug-likeness (QED) is 0.322. The predicted octanol–water partition coefficient (Wildman–Crippen LogP) is 8.20. The van der Waals surface area contributed by atoms with Crippen LogP contribution < -0.4 is 4.90 Å². The van der Waals surface area contributed by atoms with Gasteiger partial charge in [-0.05, 0) is 67.2 Å². The molecule has 2 amide bonds. The maximum absolute atomic E-state index is 13.8. The van der Waals surface area contributed by atoms with Gasteiger partial charge < -0.3 is 9.47 Å². The van der Waals surface area contributed by atoms with Gasteiger partial charge in [0.1, 0.15) is 0 Å². The Morgan fingerprint density at radius 3 is 2.05 bits per heavy atom. The van der Waals surface area contributed by atoms with Crippen molar-refractivity contribution in [3.8, 4) is 0 Å². The zero-order valence-electron chi connectivity index (χ0n) is 26.9. The number of halogens is 9. The minimum absolute atomic E-state index is 0.174. The van der Waals surface area contributed by atoms with Gasteiger partial charge in [-0.2, -0.15) is 39.5 Å². The van der Waals surface area contributed by atoms with Gasteiger partial charge in [-0.25, -0.2) is 9.59 Å². The highest BCUT2D eigenvalue weighted by Crippen LogP contribution is 2.45. The van der Waals surface area contributed by atoms with Crippen molar-refractivity contribution in [3.63, 3.8) is 0 Å². The van der Waals surface area contributed by atoms with Crippen molar-refractivity contribution in [3.05, 3.63) is 64.2 Å². The second-order valence-corrected chi connectivity index (χ2v) is 8.82. The van der Waals surface area contributed by atoms with E-state index in [0.29, 0.717) is 34.1 Å². The van der Waals surface area contributed by atoms with Crippen molar-refractivity contribution in [1.82, 2.24) is 4.90 Å². The minimum atomic E-state index is -5.29. The molecule has 2 aromatic carbocycles. The number of carbonyl (C=O) groups excluding carboxylic acids is 2. The van der Waals surface area contributed by atoms with E-state index in [1.165, 1.54) is 0 Å². The first-order valence-corrected chi connectivity index (χ1v) is 11.5. The van der Waals surface area contributed by atoms with Gasteiger partial charge in [-0.1, -0.05) is 6.85 Å². The molecule has 15 heteroatoms. The summed E-state index contributed by atoms with van der Waals surface area (Å²) in [4.78, 5) is 27.3. The summed E-state index contributed by atoms with van der Waals surface area (Å²) in [6.07, 6.45) is -20.2. The van der Waals surface area contributed by atoms with Crippen molar-refractivity contribution < 1.29 is 66.8 Å². The molecule has 0 aliphatic carbocycles. The van der Waals surface area contributed by atoms with E-state index < -0.39 is 116 Å². The van der Waals surface area contributed by atoms with Gasteiger partial charge in [0.25, 0.3) is 0 Å². The number of ether oxygens (including phenoxy) is 2. The van der Waals surface area contributed by atoms with Crippen LogP contribution in [0.3, 0.4) is 0 Å². The van der Waals surface area contributed by atoms with E-state index in [1.807, 2.05) is 0 Å². The van der Waals surface area contributed by atoms with Gasteiger partial charge in [0.05, 0.1) is 42.1 Å². The third-order valence-electron chi connectivity index (χ3n) is 6.25. The molecule has 1 aliphatic rings.